The van der Waals surface area contributed by atoms with Crippen LogP contribution in [-0.2, 0) is 6.42 Å². The standard InChI is InChI=1S/C15H17BrClNOS/c1-9-8-20-15(14(9)17)12(18-2)7-10-6-11(16)4-5-13(10)19-3/h4-6,8,12,18H,7H2,1-3H3. The Hall–Kier alpha value is -0.550. The van der Waals surface area contributed by atoms with Crippen LogP contribution in [0.25, 0.3) is 0 Å². The van der Waals surface area contributed by atoms with Gasteiger partial charge in [-0.1, -0.05) is 27.5 Å². The van der Waals surface area contributed by atoms with Crippen molar-refractivity contribution in [2.75, 3.05) is 14.2 Å². The van der Waals surface area contributed by atoms with Gasteiger partial charge < -0.3 is 10.1 Å². The lowest BCUT2D eigenvalue weighted by atomic mass is 10.0. The maximum absolute atomic E-state index is 6.38. The molecule has 2 rings (SSSR count). The van der Waals surface area contributed by atoms with Gasteiger partial charge in [0.2, 0.25) is 0 Å². The van der Waals surface area contributed by atoms with Gasteiger partial charge in [0, 0.05) is 15.4 Å². The van der Waals surface area contributed by atoms with Gasteiger partial charge in [0.25, 0.3) is 0 Å². The lowest BCUT2D eigenvalue weighted by Crippen LogP contribution is -2.18. The van der Waals surface area contributed by atoms with Crippen LogP contribution in [0.4, 0.5) is 0 Å². The molecule has 0 amide bonds. The zero-order chi connectivity index (χ0) is 14.7. The van der Waals surface area contributed by atoms with E-state index in [0.29, 0.717) is 0 Å². The Kier molecular flexibility index (Phi) is 5.49. The van der Waals surface area contributed by atoms with Crippen LogP contribution in [0.15, 0.2) is 28.1 Å². The van der Waals surface area contributed by atoms with E-state index in [2.05, 4.69) is 32.7 Å². The fourth-order valence-electron chi connectivity index (χ4n) is 2.14. The van der Waals surface area contributed by atoms with E-state index in [1.807, 2.05) is 26.1 Å². The molecule has 0 bridgehead atoms. The number of methoxy groups -OCH3 is 1. The molecule has 1 aromatic heterocycles. The Morgan fingerprint density at radius 2 is 2.20 bits per heavy atom. The highest BCUT2D eigenvalue weighted by molar-refractivity contribution is 9.10. The van der Waals surface area contributed by atoms with E-state index < -0.39 is 0 Å². The fraction of sp³-hybridized carbons (Fsp3) is 0.333. The van der Waals surface area contributed by atoms with Gasteiger partial charge in [-0.25, -0.2) is 0 Å². The molecular weight excluding hydrogens is 358 g/mol. The summed E-state index contributed by atoms with van der Waals surface area (Å²) in [4.78, 5) is 1.17. The second kappa shape index (κ2) is 6.94. The van der Waals surface area contributed by atoms with Crippen molar-refractivity contribution in [3.8, 4) is 5.75 Å². The molecular formula is C15H17BrClNOS. The van der Waals surface area contributed by atoms with Gasteiger partial charge in [-0.15, -0.1) is 11.3 Å². The first-order chi connectivity index (χ1) is 9.56. The van der Waals surface area contributed by atoms with Crippen molar-refractivity contribution < 1.29 is 4.74 Å². The van der Waals surface area contributed by atoms with Crippen LogP contribution in [0, 0.1) is 6.92 Å². The molecule has 1 aromatic carbocycles. The normalized spacial score (nSPS) is 12.4. The summed E-state index contributed by atoms with van der Waals surface area (Å²) < 4.78 is 6.49. The fourth-order valence-corrected chi connectivity index (χ4v) is 3.98. The number of thiophene rings is 1. The molecule has 1 N–H and O–H groups in total. The highest BCUT2D eigenvalue weighted by atomic mass is 79.9. The summed E-state index contributed by atoms with van der Waals surface area (Å²) in [6, 6.07) is 6.24. The first kappa shape index (κ1) is 15.8. The number of halogens is 2. The second-order valence-electron chi connectivity index (χ2n) is 4.60. The molecule has 0 saturated carbocycles. The average molecular weight is 375 g/mol. The Balaban J connectivity index is 2.31. The lowest BCUT2D eigenvalue weighted by molar-refractivity contribution is 0.406. The molecule has 0 saturated heterocycles. The summed E-state index contributed by atoms with van der Waals surface area (Å²) >= 11 is 11.6. The van der Waals surface area contributed by atoms with E-state index in [4.69, 9.17) is 16.3 Å². The predicted molar refractivity (Wildman–Crippen MR) is 90.3 cm³/mol. The van der Waals surface area contributed by atoms with Crippen molar-refractivity contribution in [3.05, 3.63) is 49.1 Å². The second-order valence-corrected chi connectivity index (χ2v) is 6.80. The first-order valence-electron chi connectivity index (χ1n) is 6.30. The van der Waals surface area contributed by atoms with Crippen molar-refractivity contribution in [1.82, 2.24) is 5.32 Å². The predicted octanol–water partition coefficient (Wildman–Crippen LogP) is 4.98. The lowest BCUT2D eigenvalue weighted by Gasteiger charge is -2.17. The van der Waals surface area contributed by atoms with Gasteiger partial charge in [0.1, 0.15) is 5.75 Å². The topological polar surface area (TPSA) is 21.3 Å². The summed E-state index contributed by atoms with van der Waals surface area (Å²) in [7, 11) is 3.66. The van der Waals surface area contributed by atoms with E-state index >= 15 is 0 Å². The van der Waals surface area contributed by atoms with Crippen LogP contribution in [0.3, 0.4) is 0 Å². The molecule has 108 valence electrons. The Morgan fingerprint density at radius 3 is 2.75 bits per heavy atom. The highest BCUT2D eigenvalue weighted by Gasteiger charge is 2.18. The van der Waals surface area contributed by atoms with Crippen molar-refractivity contribution in [3.63, 3.8) is 0 Å². The molecule has 1 heterocycles. The molecule has 2 nitrogen and oxygen atoms in total. The van der Waals surface area contributed by atoms with Gasteiger partial charge in [0.15, 0.2) is 0 Å². The van der Waals surface area contributed by atoms with Gasteiger partial charge >= 0.3 is 0 Å². The number of likely N-dealkylation sites (N-methyl/N-ethyl adjacent to an activating group) is 1. The summed E-state index contributed by atoms with van der Waals surface area (Å²) in [5.41, 5.74) is 2.29. The molecule has 5 heteroatoms. The number of aryl methyl sites for hydroxylation is 1. The number of nitrogens with one attached hydrogen (secondary N) is 1. The third-order valence-corrected chi connectivity index (χ3v) is 5.58. The van der Waals surface area contributed by atoms with Gasteiger partial charge in [0.05, 0.1) is 12.1 Å². The molecule has 0 aliphatic rings. The van der Waals surface area contributed by atoms with Crippen LogP contribution < -0.4 is 10.1 Å². The van der Waals surface area contributed by atoms with Crippen molar-refractivity contribution in [2.24, 2.45) is 0 Å². The maximum atomic E-state index is 6.38. The highest BCUT2D eigenvalue weighted by Crippen LogP contribution is 2.35. The quantitative estimate of drug-likeness (QED) is 0.796. The van der Waals surface area contributed by atoms with Crippen LogP contribution >= 0.6 is 38.9 Å². The zero-order valence-corrected chi connectivity index (χ0v) is 14.8. The van der Waals surface area contributed by atoms with Crippen LogP contribution in [0.2, 0.25) is 5.02 Å². The molecule has 1 unspecified atom stereocenters. The zero-order valence-electron chi connectivity index (χ0n) is 11.7. The molecule has 0 spiro atoms. The molecule has 2 aromatic rings. The average Bonchev–Trinajstić information content (AvgIpc) is 2.77. The van der Waals surface area contributed by atoms with E-state index in [9.17, 15) is 0 Å². The number of hydrogen-bond acceptors (Lipinski definition) is 3. The SMILES string of the molecule is CNC(Cc1cc(Br)ccc1OC)c1scc(C)c1Cl. The van der Waals surface area contributed by atoms with Crippen LogP contribution in [0.5, 0.6) is 5.75 Å². The van der Waals surface area contributed by atoms with Gasteiger partial charge in [-0.05, 0) is 55.1 Å². The minimum atomic E-state index is 0.185. The first-order valence-corrected chi connectivity index (χ1v) is 8.35. The Morgan fingerprint density at radius 1 is 1.45 bits per heavy atom. The van der Waals surface area contributed by atoms with E-state index in [1.165, 1.54) is 4.88 Å². The summed E-state index contributed by atoms with van der Waals surface area (Å²) in [6.45, 7) is 2.04. The summed E-state index contributed by atoms with van der Waals surface area (Å²) in [5, 5.41) is 6.31. The van der Waals surface area contributed by atoms with Crippen molar-refractivity contribution in [1.29, 1.82) is 0 Å². The molecule has 1 atom stereocenters. The molecule has 0 aliphatic carbocycles. The largest absolute Gasteiger partial charge is 0.496 e. The molecule has 0 fully saturated rings. The van der Waals surface area contributed by atoms with Crippen molar-refractivity contribution >= 4 is 38.9 Å². The van der Waals surface area contributed by atoms with E-state index in [-0.39, 0.29) is 6.04 Å². The Labute approximate surface area is 137 Å². The van der Waals surface area contributed by atoms with Crippen LogP contribution in [0.1, 0.15) is 22.0 Å². The number of rotatable bonds is 5. The Bertz CT molecular complexity index is 600. The monoisotopic (exact) mass is 373 g/mol. The minimum Gasteiger partial charge on any atom is -0.496 e. The molecule has 20 heavy (non-hydrogen) atoms. The maximum Gasteiger partial charge on any atom is 0.122 e. The van der Waals surface area contributed by atoms with Crippen LogP contribution in [-0.4, -0.2) is 14.2 Å². The van der Waals surface area contributed by atoms with E-state index in [1.54, 1.807) is 18.4 Å². The third kappa shape index (κ3) is 3.37. The summed E-state index contributed by atoms with van der Waals surface area (Å²) in [6.07, 6.45) is 0.832. The molecule has 0 radical (unpaired) electrons. The third-order valence-electron chi connectivity index (χ3n) is 3.26. The molecule has 0 aliphatic heterocycles. The summed E-state index contributed by atoms with van der Waals surface area (Å²) in [5.74, 6) is 0.901. The minimum absolute atomic E-state index is 0.185. The van der Waals surface area contributed by atoms with Gasteiger partial charge in [-0.2, -0.15) is 0 Å². The van der Waals surface area contributed by atoms with Gasteiger partial charge in [-0.3, -0.25) is 0 Å². The number of hydrogen-bond donors (Lipinski definition) is 1. The number of ether oxygens (including phenoxy) is 1. The van der Waals surface area contributed by atoms with Crippen molar-refractivity contribution in [2.45, 2.75) is 19.4 Å². The number of benzene rings is 1. The van der Waals surface area contributed by atoms with E-state index in [0.717, 1.165) is 32.8 Å². The smallest absolute Gasteiger partial charge is 0.122 e.